The number of nitrogens with one attached hydrogen (secondary N) is 1. The number of amides is 1. The molecule has 1 N–H and O–H groups in total. The average molecular weight is 627 g/mol. The van der Waals surface area contributed by atoms with E-state index in [0.29, 0.717) is 26.7 Å². The lowest BCUT2D eigenvalue weighted by Gasteiger charge is -2.32. The molecule has 5 rings (SSSR count). The molecule has 1 atom stereocenters. The molecule has 44 heavy (non-hydrogen) atoms. The molecule has 3 aromatic heterocycles. The maximum atomic E-state index is 14.5. The molecule has 12 nitrogen and oxygen atoms in total. The van der Waals surface area contributed by atoms with E-state index in [2.05, 4.69) is 15.5 Å². The molecule has 0 aliphatic heterocycles. The number of aryl methyl sites for hydroxylation is 1. The van der Waals surface area contributed by atoms with Crippen molar-refractivity contribution in [2.24, 2.45) is 0 Å². The van der Waals surface area contributed by atoms with Crippen LogP contribution in [0.4, 0.5) is 4.39 Å². The summed E-state index contributed by atoms with van der Waals surface area (Å²) in [5, 5.41) is 12.1. The summed E-state index contributed by atoms with van der Waals surface area (Å²) in [7, 11) is 1.43. The largest absolute Gasteiger partial charge is 0.496 e. The molecule has 1 fully saturated rings. The number of Topliss-reactive ketones (excluding diaryl/α,β-unsaturated/α-hetero) is 1. The van der Waals surface area contributed by atoms with E-state index in [1.54, 1.807) is 6.92 Å². The third kappa shape index (κ3) is 5.83. The van der Waals surface area contributed by atoms with Crippen LogP contribution in [0.25, 0.3) is 15.2 Å². The zero-order valence-corrected chi connectivity index (χ0v) is 26.1. The van der Waals surface area contributed by atoms with Gasteiger partial charge in [-0.25, -0.2) is 13.8 Å². The lowest BCUT2D eigenvalue weighted by atomic mass is 9.91. The minimum Gasteiger partial charge on any atom is -0.496 e. The molecule has 0 radical (unpaired) electrons. The minimum absolute atomic E-state index is 0.00157. The first-order valence-electron chi connectivity index (χ1n) is 14.4. The van der Waals surface area contributed by atoms with Crippen molar-refractivity contribution in [3.05, 3.63) is 68.4 Å². The number of carbonyl (C=O) groups excluding carboxylic acids is 2. The van der Waals surface area contributed by atoms with E-state index in [-0.39, 0.29) is 36.8 Å². The molecule has 4 aromatic rings. The van der Waals surface area contributed by atoms with Crippen LogP contribution < -0.4 is 21.3 Å². The summed E-state index contributed by atoms with van der Waals surface area (Å²) >= 11 is 1.14. The second-order valence-corrected chi connectivity index (χ2v) is 12.4. The smallest absolute Gasteiger partial charge is 0.333 e. The predicted octanol–water partition coefficient (Wildman–Crippen LogP) is 3.40. The molecule has 1 aliphatic carbocycles. The van der Waals surface area contributed by atoms with E-state index in [4.69, 9.17) is 9.47 Å². The van der Waals surface area contributed by atoms with Gasteiger partial charge in [0, 0.05) is 23.6 Å². The van der Waals surface area contributed by atoms with Crippen molar-refractivity contribution in [1.82, 2.24) is 29.4 Å². The van der Waals surface area contributed by atoms with Crippen LogP contribution >= 0.6 is 11.3 Å². The van der Waals surface area contributed by atoms with Crippen molar-refractivity contribution >= 4 is 33.2 Å². The highest BCUT2D eigenvalue weighted by Gasteiger charge is 2.37. The molecule has 234 valence electrons. The summed E-state index contributed by atoms with van der Waals surface area (Å²) in [6.07, 6.45) is 4.79. The number of aromatic nitrogens is 5. The Bertz CT molecular complexity index is 1820. The second-order valence-electron chi connectivity index (χ2n) is 11.4. The first-order valence-corrected chi connectivity index (χ1v) is 15.2. The number of carbonyl (C=O) groups is 2. The topological polar surface area (TPSA) is 139 Å². The number of hydrogen-bond acceptors (Lipinski definition) is 9. The lowest BCUT2D eigenvalue weighted by molar-refractivity contribution is -0.130. The van der Waals surface area contributed by atoms with Gasteiger partial charge in [-0.1, -0.05) is 11.3 Å². The normalized spacial score (nSPS) is 14.4. The van der Waals surface area contributed by atoms with E-state index in [1.165, 1.54) is 67.8 Å². The Hall–Kier alpha value is -4.17. The van der Waals surface area contributed by atoms with Crippen LogP contribution in [0.2, 0.25) is 0 Å². The Morgan fingerprint density at radius 3 is 2.52 bits per heavy atom. The van der Waals surface area contributed by atoms with Crippen LogP contribution in [-0.4, -0.2) is 55.6 Å². The summed E-state index contributed by atoms with van der Waals surface area (Å²) in [5.74, 6) is -0.778. The highest BCUT2D eigenvalue weighted by Crippen LogP contribution is 2.34. The van der Waals surface area contributed by atoms with Crippen molar-refractivity contribution in [3.8, 4) is 10.8 Å². The zero-order chi connectivity index (χ0) is 31.8. The van der Waals surface area contributed by atoms with Crippen molar-refractivity contribution in [3.63, 3.8) is 0 Å². The summed E-state index contributed by atoms with van der Waals surface area (Å²) in [6, 6.07) is 3.94. The summed E-state index contributed by atoms with van der Waals surface area (Å²) in [6.45, 7) is 6.05. The van der Waals surface area contributed by atoms with Crippen molar-refractivity contribution in [2.45, 2.75) is 77.6 Å². The fraction of sp³-hybridized carbons (Fsp3) is 0.467. The van der Waals surface area contributed by atoms with Gasteiger partial charge in [0.05, 0.1) is 38.0 Å². The van der Waals surface area contributed by atoms with E-state index in [9.17, 15) is 23.6 Å². The molecule has 0 spiro atoms. The lowest BCUT2D eigenvalue weighted by Crippen LogP contribution is -2.57. The van der Waals surface area contributed by atoms with Gasteiger partial charge in [0.2, 0.25) is 5.91 Å². The Balaban J connectivity index is 1.73. The van der Waals surface area contributed by atoms with Crippen molar-refractivity contribution in [1.29, 1.82) is 0 Å². The molecule has 0 unspecified atom stereocenters. The minimum atomic E-state index is -1.56. The molecule has 0 bridgehead atoms. The van der Waals surface area contributed by atoms with Crippen molar-refractivity contribution in [2.75, 3.05) is 13.7 Å². The molecule has 1 saturated carbocycles. The van der Waals surface area contributed by atoms with E-state index >= 15 is 0 Å². The number of methoxy groups -OCH3 is 1. The van der Waals surface area contributed by atoms with Crippen LogP contribution in [0.15, 0.2) is 40.2 Å². The number of halogens is 1. The quantitative estimate of drug-likeness (QED) is 0.253. The van der Waals surface area contributed by atoms with Gasteiger partial charge in [0.15, 0.2) is 0 Å². The Labute approximate surface area is 256 Å². The molecule has 1 aliphatic rings. The number of fused-ring (bicyclic) bond motifs is 1. The van der Waals surface area contributed by atoms with Crippen LogP contribution in [0.3, 0.4) is 0 Å². The summed E-state index contributed by atoms with van der Waals surface area (Å²) < 4.78 is 28.5. The first-order chi connectivity index (χ1) is 20.9. The SMILES string of the molecule is COc1ccc(F)cc1[C@H](Cn1c(=O)n(C(C)(C)C(=O)NC2CCC2)c(=O)c2c(C)c(-n3nccn3)sc21)OCCC(C)=O. The molecule has 1 aromatic carbocycles. The van der Waals surface area contributed by atoms with Crippen LogP contribution in [0, 0.1) is 12.7 Å². The third-order valence-corrected chi connectivity index (χ3v) is 9.28. The van der Waals surface area contributed by atoms with Gasteiger partial charge in [-0.05, 0) is 65.2 Å². The maximum Gasteiger partial charge on any atom is 0.333 e. The fourth-order valence-electron chi connectivity index (χ4n) is 5.22. The number of hydrogen-bond donors (Lipinski definition) is 1. The molecule has 3 heterocycles. The monoisotopic (exact) mass is 626 g/mol. The Morgan fingerprint density at radius 2 is 1.91 bits per heavy atom. The van der Waals surface area contributed by atoms with E-state index in [1.807, 2.05) is 0 Å². The second kappa shape index (κ2) is 12.4. The van der Waals surface area contributed by atoms with E-state index < -0.39 is 34.6 Å². The number of thiophene rings is 1. The Kier molecular flexibility index (Phi) is 8.84. The highest BCUT2D eigenvalue weighted by atomic mass is 32.1. The fourth-order valence-corrected chi connectivity index (χ4v) is 6.44. The molecular formula is C30H35FN6O6S. The number of rotatable bonds is 12. The van der Waals surface area contributed by atoms with Gasteiger partial charge < -0.3 is 14.8 Å². The molecular weight excluding hydrogens is 591 g/mol. The number of nitrogens with zero attached hydrogens (tertiary/aromatic N) is 5. The van der Waals surface area contributed by atoms with Gasteiger partial charge in [0.25, 0.3) is 5.56 Å². The highest BCUT2D eigenvalue weighted by molar-refractivity contribution is 7.21. The van der Waals surface area contributed by atoms with Gasteiger partial charge in [-0.3, -0.25) is 19.0 Å². The van der Waals surface area contributed by atoms with E-state index in [0.717, 1.165) is 35.2 Å². The van der Waals surface area contributed by atoms with Gasteiger partial charge in [-0.15, -0.1) is 4.80 Å². The maximum absolute atomic E-state index is 14.5. The summed E-state index contributed by atoms with van der Waals surface area (Å²) in [4.78, 5) is 55.5. The molecule has 0 saturated heterocycles. The summed E-state index contributed by atoms with van der Waals surface area (Å²) in [5.41, 5.74) is -2.08. The zero-order valence-electron chi connectivity index (χ0n) is 25.3. The number of ether oxygens (including phenoxy) is 2. The number of ketones is 1. The number of benzene rings is 1. The van der Waals surface area contributed by atoms with Crippen LogP contribution in [0.1, 0.15) is 63.7 Å². The molecule has 1 amide bonds. The van der Waals surface area contributed by atoms with Crippen LogP contribution in [-0.2, 0) is 26.4 Å². The van der Waals surface area contributed by atoms with Crippen molar-refractivity contribution < 1.29 is 23.5 Å². The van der Waals surface area contributed by atoms with Crippen LogP contribution in [0.5, 0.6) is 5.75 Å². The molecule has 14 heteroatoms. The Morgan fingerprint density at radius 1 is 1.20 bits per heavy atom. The standard InChI is InChI=1S/C30H35FN6O6S/c1-17(38)11-14-43-23(21-15-19(31)9-10-22(21)42-5)16-35-27-24(18(2)26(44-27)37-32-12-13-33-37)25(39)36(29(35)41)30(3,4)28(40)34-20-7-6-8-20/h9-10,12-13,15,20,23H,6-8,11,14,16H2,1-5H3,(H,34,40)/t23-/m0/s1. The van der Waals surface area contributed by atoms with Gasteiger partial charge >= 0.3 is 5.69 Å². The van der Waals surface area contributed by atoms with Gasteiger partial charge in [0.1, 0.15) is 38.8 Å². The predicted molar refractivity (Wildman–Crippen MR) is 162 cm³/mol. The average Bonchev–Trinajstić information content (AvgIpc) is 3.59. The first kappa shape index (κ1) is 31.3. The third-order valence-electron chi connectivity index (χ3n) is 8.00. The van der Waals surface area contributed by atoms with Gasteiger partial charge in [-0.2, -0.15) is 10.2 Å².